The number of rotatable bonds is 9. The highest BCUT2D eigenvalue weighted by Crippen LogP contribution is 2.69. The first-order valence-corrected chi connectivity index (χ1v) is 14.8. The Morgan fingerprint density at radius 2 is 1.83 bits per heavy atom. The molecule has 0 radical (unpaired) electrons. The Hall–Kier alpha value is -4.21. The monoisotopic (exact) mass is 646 g/mol. The summed E-state index contributed by atoms with van der Waals surface area (Å²) in [5.41, 5.74) is -6.47. The first kappa shape index (κ1) is 33.2. The van der Waals surface area contributed by atoms with Gasteiger partial charge in [0.1, 0.15) is 18.9 Å². The minimum absolute atomic E-state index is 0.0605. The van der Waals surface area contributed by atoms with Crippen molar-refractivity contribution in [1.82, 2.24) is 5.32 Å². The second-order valence-corrected chi connectivity index (χ2v) is 12.8. The fourth-order valence-corrected chi connectivity index (χ4v) is 8.10. The Morgan fingerprint density at radius 3 is 2.50 bits per heavy atom. The van der Waals surface area contributed by atoms with Gasteiger partial charge in [0.15, 0.2) is 23.7 Å². The third kappa shape index (κ3) is 5.25. The molecule has 0 unspecified atom stereocenters. The first-order valence-electron chi connectivity index (χ1n) is 14.8. The van der Waals surface area contributed by atoms with Crippen molar-refractivity contribution in [2.24, 2.45) is 22.7 Å². The number of alkyl halides is 1. The van der Waals surface area contributed by atoms with Crippen molar-refractivity contribution in [2.75, 3.05) is 13.2 Å². The summed E-state index contributed by atoms with van der Waals surface area (Å²) in [5.74, 6) is -3.88. The van der Waals surface area contributed by atoms with Crippen LogP contribution in [0.5, 0.6) is 5.75 Å². The third-order valence-electron chi connectivity index (χ3n) is 10.5. The molecule has 0 heterocycles. The van der Waals surface area contributed by atoms with Gasteiger partial charge in [0.05, 0.1) is 12.2 Å². The Balaban J connectivity index is 1.19. The van der Waals surface area contributed by atoms with Crippen LogP contribution < -0.4 is 10.1 Å². The number of allylic oxidation sites excluding steroid dienone is 4. The number of benzene rings is 1. The fourth-order valence-electron chi connectivity index (χ4n) is 8.10. The van der Waals surface area contributed by atoms with E-state index in [1.807, 2.05) is 0 Å². The standard InChI is InChI=1S/C31H35FN2O12/c1-28-10-9-19(35)11-18(28)5-8-21-22-12-23(36)31(41,29(22,2)13-24(37)30(21,28)32)25(38)16-44-26(39)14-33-27(40)46-20-6-3-17(4-7-20)15-45-34(42)43/h3-4,6-7,9-11,21-24,36-37,41H,5,8,12-16H2,1-2H3,(H,33,40)/t21-,22-,23+,24-,28-,29-,30-,31-/m0/s1. The van der Waals surface area contributed by atoms with E-state index in [-0.39, 0.29) is 37.4 Å². The van der Waals surface area contributed by atoms with Crippen molar-refractivity contribution in [2.45, 2.75) is 69.6 Å². The number of aliphatic hydroxyl groups excluding tert-OH is 2. The molecule has 1 aromatic rings. The summed E-state index contributed by atoms with van der Waals surface area (Å²) >= 11 is 0. The molecule has 5 rings (SSSR count). The number of carbonyl (C=O) groups excluding carboxylic acids is 4. The highest BCUT2D eigenvalue weighted by atomic mass is 19.1. The maximum atomic E-state index is 17.2. The molecule has 0 aromatic heterocycles. The Labute approximate surface area is 262 Å². The number of nitrogens with zero attached hydrogens (tertiary/aromatic N) is 1. The van der Waals surface area contributed by atoms with Crippen molar-refractivity contribution < 1.29 is 58.3 Å². The van der Waals surface area contributed by atoms with Gasteiger partial charge in [-0.15, -0.1) is 10.1 Å². The van der Waals surface area contributed by atoms with Crippen molar-refractivity contribution in [3.8, 4) is 5.75 Å². The minimum Gasteiger partial charge on any atom is -0.456 e. The summed E-state index contributed by atoms with van der Waals surface area (Å²) in [6.45, 7) is 1.17. The predicted octanol–water partition coefficient (Wildman–Crippen LogP) is 1.67. The zero-order chi connectivity index (χ0) is 33.7. The highest BCUT2D eigenvalue weighted by Gasteiger charge is 2.76. The van der Waals surface area contributed by atoms with Crippen LogP contribution in [0.25, 0.3) is 0 Å². The molecular formula is C31H35FN2O12. The van der Waals surface area contributed by atoms with E-state index in [9.17, 15) is 44.6 Å². The summed E-state index contributed by atoms with van der Waals surface area (Å²) in [7, 11) is 0. The molecule has 4 aliphatic rings. The summed E-state index contributed by atoms with van der Waals surface area (Å²) in [6, 6.07) is 5.55. The Bertz CT molecular complexity index is 1510. The van der Waals surface area contributed by atoms with Crippen LogP contribution in [0.1, 0.15) is 45.1 Å². The van der Waals surface area contributed by atoms with Gasteiger partial charge in [-0.1, -0.05) is 30.7 Å². The summed E-state index contributed by atoms with van der Waals surface area (Å²) in [6.07, 6.45) is -0.114. The minimum atomic E-state index is -2.47. The largest absolute Gasteiger partial charge is 0.456 e. The number of esters is 1. The molecule has 46 heavy (non-hydrogen) atoms. The van der Waals surface area contributed by atoms with Crippen LogP contribution in [0.3, 0.4) is 0 Å². The van der Waals surface area contributed by atoms with Gasteiger partial charge >= 0.3 is 12.1 Å². The van der Waals surface area contributed by atoms with E-state index in [1.165, 1.54) is 49.4 Å². The van der Waals surface area contributed by atoms with Gasteiger partial charge < -0.3 is 34.9 Å². The molecular weight excluding hydrogens is 611 g/mol. The van der Waals surface area contributed by atoms with Crippen molar-refractivity contribution >= 4 is 23.6 Å². The highest BCUT2D eigenvalue weighted by molar-refractivity contribution is 6.01. The zero-order valence-electron chi connectivity index (χ0n) is 25.1. The Kier molecular flexibility index (Phi) is 8.55. The molecule has 0 spiro atoms. The summed E-state index contributed by atoms with van der Waals surface area (Å²) < 4.78 is 27.2. The number of fused-ring (bicyclic) bond motifs is 5. The first-order chi connectivity index (χ1) is 21.6. The smallest absolute Gasteiger partial charge is 0.413 e. The quantitative estimate of drug-likeness (QED) is 0.171. The number of hydrogen-bond donors (Lipinski definition) is 4. The number of Topliss-reactive ketones (excluding diaryl/α,β-unsaturated/α-hetero) is 1. The number of hydrogen-bond acceptors (Lipinski definition) is 12. The average Bonchev–Trinajstić information content (AvgIpc) is 3.20. The number of ether oxygens (including phenoxy) is 2. The maximum Gasteiger partial charge on any atom is 0.413 e. The molecule has 4 N–H and O–H groups in total. The van der Waals surface area contributed by atoms with Gasteiger partial charge in [0.2, 0.25) is 5.78 Å². The summed E-state index contributed by atoms with van der Waals surface area (Å²) in [4.78, 5) is 64.4. The molecule has 1 amide bonds. The van der Waals surface area contributed by atoms with Crippen LogP contribution in [0, 0.1) is 32.8 Å². The molecule has 3 fully saturated rings. The Morgan fingerprint density at radius 1 is 1.13 bits per heavy atom. The number of carbonyl (C=O) groups is 4. The van der Waals surface area contributed by atoms with E-state index in [1.54, 1.807) is 6.92 Å². The maximum absolute atomic E-state index is 17.2. The fraction of sp³-hybridized carbons (Fsp3) is 0.548. The second-order valence-electron chi connectivity index (χ2n) is 12.8. The van der Waals surface area contributed by atoms with Gasteiger partial charge in [-0.25, -0.2) is 9.18 Å². The van der Waals surface area contributed by atoms with Gasteiger partial charge in [-0.2, -0.15) is 0 Å². The van der Waals surface area contributed by atoms with Crippen molar-refractivity contribution in [1.29, 1.82) is 0 Å². The third-order valence-corrected chi connectivity index (χ3v) is 10.5. The van der Waals surface area contributed by atoms with Gasteiger partial charge in [-0.05, 0) is 68.4 Å². The number of nitrogens with one attached hydrogen (secondary N) is 1. The summed E-state index contributed by atoms with van der Waals surface area (Å²) in [5, 5.41) is 45.7. The molecule has 8 atom stereocenters. The van der Waals surface area contributed by atoms with Crippen LogP contribution >= 0.6 is 0 Å². The van der Waals surface area contributed by atoms with Crippen molar-refractivity contribution in [3.63, 3.8) is 0 Å². The molecule has 14 nitrogen and oxygen atoms in total. The van der Waals surface area contributed by atoms with Crippen molar-refractivity contribution in [3.05, 3.63) is 63.7 Å². The van der Waals surface area contributed by atoms with E-state index in [2.05, 4.69) is 10.2 Å². The molecule has 0 saturated heterocycles. The van der Waals surface area contributed by atoms with Crippen LogP contribution in [0.15, 0.2) is 48.1 Å². The zero-order valence-corrected chi connectivity index (χ0v) is 25.1. The number of aliphatic hydroxyl groups is 3. The van der Waals surface area contributed by atoms with E-state index in [4.69, 9.17) is 9.47 Å². The van der Waals surface area contributed by atoms with Crippen LogP contribution in [0.4, 0.5) is 9.18 Å². The van der Waals surface area contributed by atoms with Gasteiger partial charge in [-0.3, -0.25) is 14.4 Å². The average molecular weight is 647 g/mol. The second kappa shape index (κ2) is 11.9. The lowest BCUT2D eigenvalue weighted by atomic mass is 9.44. The number of amides is 1. The molecule has 248 valence electrons. The molecule has 4 aliphatic carbocycles. The van der Waals surface area contributed by atoms with E-state index >= 15 is 4.39 Å². The van der Waals surface area contributed by atoms with Crippen LogP contribution in [-0.2, 0) is 30.6 Å². The number of ketones is 2. The molecule has 0 aliphatic heterocycles. The molecule has 0 bridgehead atoms. The van der Waals surface area contributed by atoms with Gasteiger partial charge in [0.25, 0.3) is 5.09 Å². The van der Waals surface area contributed by atoms with Gasteiger partial charge in [0, 0.05) is 16.7 Å². The van der Waals surface area contributed by atoms with E-state index in [0.717, 1.165) is 0 Å². The topological polar surface area (TPSA) is 212 Å². The molecule has 15 heteroatoms. The molecule has 3 saturated carbocycles. The lowest BCUT2D eigenvalue weighted by Gasteiger charge is -2.62. The predicted molar refractivity (Wildman–Crippen MR) is 153 cm³/mol. The molecule has 1 aromatic carbocycles. The lowest BCUT2D eigenvalue weighted by molar-refractivity contribution is -0.763. The van der Waals surface area contributed by atoms with Crippen LogP contribution in [-0.4, -0.2) is 80.7 Å². The van der Waals surface area contributed by atoms with E-state index < -0.39 is 82.2 Å². The lowest BCUT2D eigenvalue weighted by Crippen LogP contribution is -2.69. The van der Waals surface area contributed by atoms with Crippen LogP contribution in [0.2, 0.25) is 0 Å². The SMILES string of the molecule is C[C@]12C=CC(=O)C=C1CC[C@H]1[C@@H]3C[C@@H](O)[C@](O)(C(=O)COC(=O)CNC(=O)Oc4ccc(CO[N+](=O)[O-])cc4)[C@@]3(C)C[C@H](O)[C@@]12F. The normalized spacial score (nSPS) is 36.0. The number of halogens is 1. The van der Waals surface area contributed by atoms with E-state index in [0.29, 0.717) is 17.6 Å².